The lowest BCUT2D eigenvalue weighted by atomic mass is 9.69. The number of aromatic amines is 1. The van der Waals surface area contributed by atoms with Gasteiger partial charge in [0.25, 0.3) is 0 Å². The fraction of sp³-hybridized carbons (Fsp3) is 0.800. The first-order chi connectivity index (χ1) is 8.83. The lowest BCUT2D eigenvalue weighted by molar-refractivity contribution is 0.139. The summed E-state index contributed by atoms with van der Waals surface area (Å²) in [6, 6.07) is 1.05. The van der Waals surface area contributed by atoms with E-state index < -0.39 is 0 Å². The maximum atomic E-state index is 4.35. The molecule has 0 amide bonds. The second kappa shape index (κ2) is 5.43. The average Bonchev–Trinajstić information content (AvgIpc) is 2.92. The highest BCUT2D eigenvalue weighted by Crippen LogP contribution is 2.40. The highest BCUT2D eigenvalue weighted by atomic mass is 15.0. The molecule has 2 aliphatic rings. The van der Waals surface area contributed by atoms with Gasteiger partial charge in [-0.15, -0.1) is 0 Å². The summed E-state index contributed by atoms with van der Waals surface area (Å²) in [5.74, 6) is 3.10. The molecule has 0 radical (unpaired) electrons. The average molecular weight is 247 g/mol. The molecule has 3 rings (SSSR count). The molecule has 4 atom stereocenters. The molecule has 1 aromatic rings. The van der Waals surface area contributed by atoms with E-state index in [1.54, 1.807) is 0 Å². The van der Waals surface area contributed by atoms with Crippen LogP contribution in [0.25, 0.3) is 0 Å². The summed E-state index contributed by atoms with van der Waals surface area (Å²) in [5, 5.41) is 3.76. The zero-order valence-electron chi connectivity index (χ0n) is 11.4. The first-order valence-corrected chi connectivity index (χ1v) is 7.58. The van der Waals surface area contributed by atoms with Gasteiger partial charge in [-0.2, -0.15) is 0 Å². The number of hydrogen-bond acceptors (Lipinski definition) is 2. The van der Waals surface area contributed by atoms with E-state index in [1.165, 1.54) is 44.9 Å². The fourth-order valence-electron chi connectivity index (χ4n) is 3.97. The minimum absolute atomic E-state index is 0.352. The monoisotopic (exact) mass is 247 g/mol. The smallest absolute Gasteiger partial charge is 0.122 e. The van der Waals surface area contributed by atoms with Crippen molar-refractivity contribution in [3.8, 4) is 0 Å². The van der Waals surface area contributed by atoms with Crippen molar-refractivity contribution in [2.75, 3.05) is 0 Å². The van der Waals surface area contributed by atoms with Gasteiger partial charge in [0.1, 0.15) is 5.82 Å². The van der Waals surface area contributed by atoms with Crippen molar-refractivity contribution in [3.63, 3.8) is 0 Å². The van der Waals surface area contributed by atoms with E-state index in [9.17, 15) is 0 Å². The highest BCUT2D eigenvalue weighted by Gasteiger charge is 2.32. The molecule has 18 heavy (non-hydrogen) atoms. The van der Waals surface area contributed by atoms with Crippen molar-refractivity contribution < 1.29 is 0 Å². The summed E-state index contributed by atoms with van der Waals surface area (Å²) in [5.41, 5.74) is 0. The predicted molar refractivity (Wildman–Crippen MR) is 73.2 cm³/mol. The Kier molecular flexibility index (Phi) is 3.69. The zero-order chi connectivity index (χ0) is 12.4. The first-order valence-electron chi connectivity index (χ1n) is 7.58. The van der Waals surface area contributed by atoms with E-state index in [4.69, 9.17) is 0 Å². The Labute approximate surface area is 110 Å². The SMILES string of the molecule is CC(NC1CCC2CCCCC2C1)c1ncc[nH]1. The molecule has 2 N–H and O–H groups in total. The van der Waals surface area contributed by atoms with Gasteiger partial charge in [0, 0.05) is 18.4 Å². The Balaban J connectivity index is 1.54. The molecule has 0 aliphatic heterocycles. The van der Waals surface area contributed by atoms with Gasteiger partial charge < -0.3 is 10.3 Å². The lowest BCUT2D eigenvalue weighted by Crippen LogP contribution is -2.40. The van der Waals surface area contributed by atoms with E-state index in [1.807, 2.05) is 12.4 Å². The molecular formula is C15H25N3. The molecule has 3 heteroatoms. The molecule has 0 aromatic carbocycles. The molecule has 0 bridgehead atoms. The van der Waals surface area contributed by atoms with Crippen LogP contribution >= 0.6 is 0 Å². The largest absolute Gasteiger partial charge is 0.347 e. The molecule has 4 unspecified atom stereocenters. The van der Waals surface area contributed by atoms with Crippen LogP contribution in [-0.4, -0.2) is 16.0 Å². The van der Waals surface area contributed by atoms with Gasteiger partial charge in [0.05, 0.1) is 6.04 Å². The summed E-state index contributed by atoms with van der Waals surface area (Å²) in [6.07, 6.45) is 13.8. The van der Waals surface area contributed by atoms with Gasteiger partial charge >= 0.3 is 0 Å². The third-order valence-electron chi connectivity index (χ3n) is 4.95. The molecular weight excluding hydrogens is 222 g/mol. The van der Waals surface area contributed by atoms with E-state index in [0.717, 1.165) is 17.7 Å². The summed E-state index contributed by atoms with van der Waals surface area (Å²) >= 11 is 0. The maximum absolute atomic E-state index is 4.35. The van der Waals surface area contributed by atoms with Gasteiger partial charge in [-0.1, -0.05) is 25.7 Å². The number of H-pyrrole nitrogens is 1. The number of nitrogens with zero attached hydrogens (tertiary/aromatic N) is 1. The minimum Gasteiger partial charge on any atom is -0.347 e. The Morgan fingerprint density at radius 2 is 2.06 bits per heavy atom. The molecule has 2 aliphatic carbocycles. The fourth-order valence-corrected chi connectivity index (χ4v) is 3.97. The van der Waals surface area contributed by atoms with Gasteiger partial charge in [0.2, 0.25) is 0 Å². The summed E-state index contributed by atoms with van der Waals surface area (Å²) in [4.78, 5) is 7.55. The Morgan fingerprint density at radius 1 is 1.22 bits per heavy atom. The van der Waals surface area contributed by atoms with Gasteiger partial charge in [0.15, 0.2) is 0 Å². The highest BCUT2D eigenvalue weighted by molar-refractivity contribution is 4.96. The van der Waals surface area contributed by atoms with Crippen molar-refractivity contribution in [2.24, 2.45) is 11.8 Å². The molecule has 3 nitrogen and oxygen atoms in total. The maximum Gasteiger partial charge on any atom is 0.122 e. The number of imidazole rings is 1. The van der Waals surface area contributed by atoms with E-state index in [0.29, 0.717) is 12.1 Å². The standard InChI is InChI=1S/C15H25N3/c1-11(15-16-8-9-17-15)18-14-7-6-12-4-2-3-5-13(12)10-14/h8-9,11-14,18H,2-7,10H2,1H3,(H,16,17). The molecule has 100 valence electrons. The summed E-state index contributed by atoms with van der Waals surface area (Å²) in [7, 11) is 0. The summed E-state index contributed by atoms with van der Waals surface area (Å²) < 4.78 is 0. The van der Waals surface area contributed by atoms with Crippen LogP contribution in [0.5, 0.6) is 0 Å². The normalized spacial score (nSPS) is 33.9. The lowest BCUT2D eigenvalue weighted by Gasteiger charge is -2.40. The number of rotatable bonds is 3. The van der Waals surface area contributed by atoms with Crippen LogP contribution in [0.3, 0.4) is 0 Å². The van der Waals surface area contributed by atoms with Crippen LogP contribution in [0, 0.1) is 11.8 Å². The van der Waals surface area contributed by atoms with Crippen LogP contribution < -0.4 is 5.32 Å². The van der Waals surface area contributed by atoms with Gasteiger partial charge in [-0.25, -0.2) is 4.98 Å². The van der Waals surface area contributed by atoms with Crippen molar-refractivity contribution in [1.82, 2.24) is 15.3 Å². The third kappa shape index (κ3) is 2.61. The first kappa shape index (κ1) is 12.2. The topological polar surface area (TPSA) is 40.7 Å². The Bertz CT molecular complexity index is 360. The van der Waals surface area contributed by atoms with E-state index in [-0.39, 0.29) is 0 Å². The van der Waals surface area contributed by atoms with Crippen molar-refractivity contribution in [1.29, 1.82) is 0 Å². The van der Waals surface area contributed by atoms with Crippen LogP contribution in [0.1, 0.15) is 63.7 Å². The predicted octanol–water partition coefficient (Wildman–Crippen LogP) is 3.42. The zero-order valence-corrected chi connectivity index (χ0v) is 11.4. The van der Waals surface area contributed by atoms with E-state index in [2.05, 4.69) is 22.2 Å². The van der Waals surface area contributed by atoms with Crippen molar-refractivity contribution >= 4 is 0 Å². The molecule has 2 saturated carbocycles. The second-order valence-electron chi connectivity index (χ2n) is 6.18. The third-order valence-corrected chi connectivity index (χ3v) is 4.95. The molecule has 0 spiro atoms. The molecule has 1 aromatic heterocycles. The van der Waals surface area contributed by atoms with Crippen molar-refractivity contribution in [2.45, 2.75) is 64.0 Å². The summed E-state index contributed by atoms with van der Waals surface area (Å²) in [6.45, 7) is 2.21. The van der Waals surface area contributed by atoms with E-state index >= 15 is 0 Å². The number of hydrogen-bond donors (Lipinski definition) is 2. The van der Waals surface area contributed by atoms with Crippen LogP contribution in [0.15, 0.2) is 12.4 Å². The van der Waals surface area contributed by atoms with Crippen LogP contribution in [0.4, 0.5) is 0 Å². The number of aromatic nitrogens is 2. The minimum atomic E-state index is 0.352. The van der Waals surface area contributed by atoms with Crippen LogP contribution in [-0.2, 0) is 0 Å². The van der Waals surface area contributed by atoms with Crippen LogP contribution in [0.2, 0.25) is 0 Å². The molecule has 0 saturated heterocycles. The molecule has 1 heterocycles. The quantitative estimate of drug-likeness (QED) is 0.859. The number of fused-ring (bicyclic) bond motifs is 1. The molecule has 2 fully saturated rings. The van der Waals surface area contributed by atoms with Gasteiger partial charge in [-0.3, -0.25) is 0 Å². The van der Waals surface area contributed by atoms with Gasteiger partial charge in [-0.05, 0) is 38.0 Å². The van der Waals surface area contributed by atoms with Crippen molar-refractivity contribution in [3.05, 3.63) is 18.2 Å². The Morgan fingerprint density at radius 3 is 2.83 bits per heavy atom. The number of nitrogens with one attached hydrogen (secondary N) is 2. The second-order valence-corrected chi connectivity index (χ2v) is 6.18. The Hall–Kier alpha value is -0.830.